The molecule has 0 unspecified atom stereocenters. The van der Waals surface area contributed by atoms with Crippen molar-refractivity contribution in [3.05, 3.63) is 30.6 Å². The second-order valence-corrected chi connectivity index (χ2v) is 1.08. The van der Waals surface area contributed by atoms with E-state index in [0.29, 0.717) is 0 Å². The van der Waals surface area contributed by atoms with E-state index in [2.05, 4.69) is 4.98 Å². The molecule has 0 atom stereocenters. The monoisotopic (exact) mass is 121 g/mol. The van der Waals surface area contributed by atoms with Crippen molar-refractivity contribution in [1.29, 1.82) is 0 Å². The molecule has 0 aliphatic rings. The number of H-pyrrole nitrogens is 1. The zero-order valence-electron chi connectivity index (χ0n) is 4.54. The van der Waals surface area contributed by atoms with Crippen LogP contribution in [0.4, 0.5) is 0 Å². The summed E-state index contributed by atoms with van der Waals surface area (Å²) in [6, 6.07) is 5.86. The van der Waals surface area contributed by atoms with Crippen LogP contribution in [0.25, 0.3) is 0 Å². The summed E-state index contributed by atoms with van der Waals surface area (Å²) in [5.74, 6) is 0. The number of nitrogens with one attached hydrogen (secondary N) is 1. The molecule has 1 aromatic heterocycles. The molecule has 2 N–H and O–H groups in total. The van der Waals surface area contributed by atoms with Crippen molar-refractivity contribution in [2.75, 3.05) is 0 Å². The van der Waals surface area contributed by atoms with Gasteiger partial charge < -0.3 is 5.48 Å². The SMILES string of the molecule is [Mg].[OH-].c1cc[nH+]cc1. The summed E-state index contributed by atoms with van der Waals surface area (Å²) < 4.78 is 0. The zero-order chi connectivity index (χ0) is 4.24. The molecular formula is C5H7MgNO. The minimum absolute atomic E-state index is 0. The van der Waals surface area contributed by atoms with Gasteiger partial charge in [0.1, 0.15) is 0 Å². The van der Waals surface area contributed by atoms with Crippen LogP contribution in [-0.2, 0) is 0 Å². The molecule has 2 radical (unpaired) electrons. The molecule has 0 aromatic carbocycles. The number of hydrogen-bond donors (Lipinski definition) is 0. The number of aromatic nitrogens is 1. The Bertz CT molecular complexity index is 84.4. The Hall–Kier alpha value is -0.124. The van der Waals surface area contributed by atoms with Crippen molar-refractivity contribution >= 4 is 23.1 Å². The Kier molecular flexibility index (Phi) is 9.27. The lowest BCUT2D eigenvalue weighted by atomic mass is 10.5. The Morgan fingerprint density at radius 1 is 0.875 bits per heavy atom. The van der Waals surface area contributed by atoms with Crippen molar-refractivity contribution in [3.8, 4) is 0 Å². The lowest BCUT2D eigenvalue weighted by Crippen LogP contribution is -1.93. The molecule has 0 aliphatic heterocycles. The number of rotatable bonds is 0. The maximum absolute atomic E-state index is 2.89. The highest BCUT2D eigenvalue weighted by molar-refractivity contribution is 5.75. The molecular weight excluding hydrogens is 114 g/mol. The van der Waals surface area contributed by atoms with Gasteiger partial charge in [0.05, 0.1) is 0 Å². The van der Waals surface area contributed by atoms with Crippen LogP contribution in [0.15, 0.2) is 30.6 Å². The summed E-state index contributed by atoms with van der Waals surface area (Å²) in [5, 5.41) is 0. The molecule has 2 nitrogen and oxygen atoms in total. The molecule has 0 spiro atoms. The van der Waals surface area contributed by atoms with Gasteiger partial charge in [0, 0.05) is 35.2 Å². The lowest BCUT2D eigenvalue weighted by Gasteiger charge is -1.63. The highest BCUT2D eigenvalue weighted by atomic mass is 24.3. The van der Waals surface area contributed by atoms with Gasteiger partial charge >= 0.3 is 0 Å². The van der Waals surface area contributed by atoms with Crippen molar-refractivity contribution < 1.29 is 10.5 Å². The van der Waals surface area contributed by atoms with Gasteiger partial charge in [-0.2, -0.15) is 0 Å². The van der Waals surface area contributed by atoms with Crippen LogP contribution in [0.5, 0.6) is 0 Å². The highest BCUT2D eigenvalue weighted by Gasteiger charge is 1.65. The first-order valence-electron chi connectivity index (χ1n) is 1.91. The molecule has 3 heteroatoms. The second-order valence-electron chi connectivity index (χ2n) is 1.08. The fourth-order valence-electron chi connectivity index (χ4n) is 0.342. The topological polar surface area (TPSA) is 44.1 Å². The highest BCUT2D eigenvalue weighted by Crippen LogP contribution is 1.68. The number of aromatic amines is 1. The van der Waals surface area contributed by atoms with E-state index in [-0.39, 0.29) is 28.5 Å². The van der Waals surface area contributed by atoms with Gasteiger partial charge in [-0.3, -0.25) is 0 Å². The average molecular weight is 121 g/mol. The van der Waals surface area contributed by atoms with Crippen LogP contribution in [0.2, 0.25) is 0 Å². The average Bonchev–Trinajstić information content (AvgIpc) is 1.72. The molecule has 0 amide bonds. The molecule has 40 valence electrons. The van der Waals surface area contributed by atoms with E-state index >= 15 is 0 Å². The smallest absolute Gasteiger partial charge is 0.166 e. The van der Waals surface area contributed by atoms with E-state index in [1.807, 2.05) is 30.6 Å². The van der Waals surface area contributed by atoms with Crippen molar-refractivity contribution in [3.63, 3.8) is 0 Å². The summed E-state index contributed by atoms with van der Waals surface area (Å²) in [5.41, 5.74) is 0. The maximum atomic E-state index is 2.89. The van der Waals surface area contributed by atoms with Crippen molar-refractivity contribution in [2.24, 2.45) is 0 Å². The zero-order valence-corrected chi connectivity index (χ0v) is 5.96. The van der Waals surface area contributed by atoms with Gasteiger partial charge in [-0.05, 0) is 0 Å². The first kappa shape index (κ1) is 10.8. The molecule has 0 bridgehead atoms. The van der Waals surface area contributed by atoms with Crippen LogP contribution < -0.4 is 4.98 Å². The fraction of sp³-hybridized carbons (Fsp3) is 0. The quantitative estimate of drug-likeness (QED) is 0.444. The summed E-state index contributed by atoms with van der Waals surface area (Å²) >= 11 is 0. The van der Waals surface area contributed by atoms with Crippen LogP contribution >= 0.6 is 0 Å². The normalized spacial score (nSPS) is 6.00. The van der Waals surface area contributed by atoms with Gasteiger partial charge in [0.25, 0.3) is 0 Å². The Labute approximate surface area is 64.4 Å². The molecule has 0 saturated carbocycles. The Morgan fingerprint density at radius 2 is 1.38 bits per heavy atom. The van der Waals surface area contributed by atoms with Crippen molar-refractivity contribution in [1.82, 2.24) is 0 Å². The van der Waals surface area contributed by atoms with E-state index in [4.69, 9.17) is 0 Å². The largest absolute Gasteiger partial charge is 0.870 e. The molecule has 0 aliphatic carbocycles. The van der Waals surface area contributed by atoms with E-state index in [1.165, 1.54) is 0 Å². The fourth-order valence-corrected chi connectivity index (χ4v) is 0.342. The van der Waals surface area contributed by atoms with Crippen LogP contribution in [0, 0.1) is 0 Å². The minimum Gasteiger partial charge on any atom is -0.870 e. The van der Waals surface area contributed by atoms with Gasteiger partial charge in [-0.15, -0.1) is 0 Å². The van der Waals surface area contributed by atoms with Crippen LogP contribution in [0.1, 0.15) is 0 Å². The van der Waals surface area contributed by atoms with Gasteiger partial charge in [0.15, 0.2) is 12.4 Å². The molecule has 0 saturated heterocycles. The Morgan fingerprint density at radius 3 is 1.50 bits per heavy atom. The summed E-state index contributed by atoms with van der Waals surface area (Å²) in [6.45, 7) is 0. The predicted octanol–water partition coefficient (Wildman–Crippen LogP) is -0.0569. The molecule has 1 rings (SSSR count). The van der Waals surface area contributed by atoms with Gasteiger partial charge in [-0.1, -0.05) is 6.07 Å². The first-order chi connectivity index (χ1) is 3.00. The standard InChI is InChI=1S/C5H5N.Mg.H2O/c1-2-4-6-5-3-1;;/h1-5H;;1H2. The summed E-state index contributed by atoms with van der Waals surface area (Å²) in [4.78, 5) is 2.89. The third-order valence-electron chi connectivity index (χ3n) is 0.607. The molecule has 1 heterocycles. The van der Waals surface area contributed by atoms with Gasteiger partial charge in [-0.25, -0.2) is 4.98 Å². The lowest BCUT2D eigenvalue weighted by molar-refractivity contribution is -0.377. The minimum atomic E-state index is 0. The van der Waals surface area contributed by atoms with E-state index < -0.39 is 0 Å². The van der Waals surface area contributed by atoms with E-state index in [1.54, 1.807) is 0 Å². The second kappa shape index (κ2) is 6.88. The molecule has 0 fully saturated rings. The van der Waals surface area contributed by atoms with E-state index in [0.717, 1.165) is 0 Å². The molecule has 1 aromatic rings. The predicted molar refractivity (Wildman–Crippen MR) is 30.7 cm³/mol. The van der Waals surface area contributed by atoms with Gasteiger partial charge in [0.2, 0.25) is 0 Å². The van der Waals surface area contributed by atoms with Crippen LogP contribution in [0.3, 0.4) is 0 Å². The summed E-state index contributed by atoms with van der Waals surface area (Å²) in [6.07, 6.45) is 3.75. The summed E-state index contributed by atoms with van der Waals surface area (Å²) in [7, 11) is 0. The molecule has 8 heavy (non-hydrogen) atoms. The maximum Gasteiger partial charge on any atom is 0.166 e. The van der Waals surface area contributed by atoms with Crippen molar-refractivity contribution in [2.45, 2.75) is 0 Å². The van der Waals surface area contributed by atoms with E-state index in [9.17, 15) is 0 Å². The third kappa shape index (κ3) is 4.05. The first-order valence-corrected chi connectivity index (χ1v) is 1.91. The number of pyridine rings is 1. The Balaban J connectivity index is 0. The third-order valence-corrected chi connectivity index (χ3v) is 0.607. The number of hydrogen-bond acceptors (Lipinski definition) is 1. The van der Waals surface area contributed by atoms with Crippen LogP contribution in [-0.4, -0.2) is 28.5 Å².